The number of fused-ring (bicyclic) bond motifs is 3. The molecule has 0 aliphatic carbocycles. The van der Waals surface area contributed by atoms with Crippen molar-refractivity contribution in [1.29, 1.82) is 0 Å². The fourth-order valence-electron chi connectivity index (χ4n) is 2.30. The molecule has 3 rings (SSSR count). The standard InChI is InChI=1S/C17H13ClO3/c1-11(18)20-17(19)21-14-9-8-13-7-6-12-4-2-3-5-15(12)16(13)10-14/h2-11H,1H3. The van der Waals surface area contributed by atoms with E-state index in [1.807, 2.05) is 42.5 Å². The van der Waals surface area contributed by atoms with Gasteiger partial charge in [0.25, 0.3) is 0 Å². The zero-order valence-electron chi connectivity index (χ0n) is 11.4. The minimum atomic E-state index is -0.808. The molecule has 3 nitrogen and oxygen atoms in total. The van der Waals surface area contributed by atoms with Gasteiger partial charge in [0.05, 0.1) is 0 Å². The first-order valence-electron chi connectivity index (χ1n) is 6.57. The van der Waals surface area contributed by atoms with E-state index in [1.54, 1.807) is 13.0 Å². The summed E-state index contributed by atoms with van der Waals surface area (Å²) in [6, 6.07) is 17.7. The van der Waals surface area contributed by atoms with Crippen molar-refractivity contribution in [1.82, 2.24) is 0 Å². The highest BCUT2D eigenvalue weighted by Gasteiger charge is 2.10. The average Bonchev–Trinajstić information content (AvgIpc) is 2.46. The Morgan fingerprint density at radius 1 is 1.00 bits per heavy atom. The highest BCUT2D eigenvalue weighted by atomic mass is 35.5. The summed E-state index contributed by atoms with van der Waals surface area (Å²) < 4.78 is 9.89. The van der Waals surface area contributed by atoms with Gasteiger partial charge in [0.2, 0.25) is 0 Å². The largest absolute Gasteiger partial charge is 0.515 e. The normalized spacial score (nSPS) is 12.3. The van der Waals surface area contributed by atoms with Crippen LogP contribution in [0.2, 0.25) is 0 Å². The highest BCUT2D eigenvalue weighted by molar-refractivity contribution is 6.19. The van der Waals surface area contributed by atoms with Crippen LogP contribution in [0.15, 0.2) is 54.6 Å². The van der Waals surface area contributed by atoms with Crippen molar-refractivity contribution >= 4 is 39.3 Å². The Morgan fingerprint density at radius 3 is 2.43 bits per heavy atom. The zero-order chi connectivity index (χ0) is 14.8. The maximum atomic E-state index is 11.5. The first-order chi connectivity index (χ1) is 10.1. The first kappa shape index (κ1) is 13.7. The quantitative estimate of drug-likeness (QED) is 0.286. The lowest BCUT2D eigenvalue weighted by molar-refractivity contribution is 0.0924. The Kier molecular flexibility index (Phi) is 3.67. The minimum Gasteiger partial charge on any atom is -0.415 e. The van der Waals surface area contributed by atoms with Gasteiger partial charge < -0.3 is 9.47 Å². The van der Waals surface area contributed by atoms with Gasteiger partial charge in [0.15, 0.2) is 5.56 Å². The molecule has 0 amide bonds. The van der Waals surface area contributed by atoms with Crippen molar-refractivity contribution in [2.45, 2.75) is 12.5 Å². The molecule has 0 aliphatic heterocycles. The monoisotopic (exact) mass is 300 g/mol. The van der Waals surface area contributed by atoms with Gasteiger partial charge in [-0.05, 0) is 40.6 Å². The molecule has 21 heavy (non-hydrogen) atoms. The molecular weight excluding hydrogens is 288 g/mol. The number of alkyl halides is 1. The molecule has 106 valence electrons. The molecule has 4 heteroatoms. The van der Waals surface area contributed by atoms with Crippen LogP contribution in [-0.2, 0) is 4.74 Å². The molecule has 0 radical (unpaired) electrons. The van der Waals surface area contributed by atoms with Gasteiger partial charge in [-0.25, -0.2) is 4.79 Å². The molecule has 0 bridgehead atoms. The SMILES string of the molecule is CC(Cl)OC(=O)Oc1ccc2ccc3ccccc3c2c1. The molecule has 0 aliphatic rings. The van der Waals surface area contributed by atoms with E-state index in [-0.39, 0.29) is 0 Å². The fourth-order valence-corrected chi connectivity index (χ4v) is 2.37. The van der Waals surface area contributed by atoms with Gasteiger partial charge >= 0.3 is 6.16 Å². The van der Waals surface area contributed by atoms with Gasteiger partial charge in [0.1, 0.15) is 5.75 Å². The fraction of sp³-hybridized carbons (Fsp3) is 0.118. The Labute approximate surface area is 127 Å². The van der Waals surface area contributed by atoms with Crippen molar-refractivity contribution in [2.75, 3.05) is 0 Å². The molecule has 0 fully saturated rings. The Balaban J connectivity index is 2.02. The summed E-state index contributed by atoms with van der Waals surface area (Å²) in [4.78, 5) is 11.5. The molecule has 0 spiro atoms. The molecule has 3 aromatic rings. The molecular formula is C17H13ClO3. The third-order valence-corrected chi connectivity index (χ3v) is 3.27. The number of carbonyl (C=O) groups excluding carboxylic acids is 1. The number of carbonyl (C=O) groups is 1. The summed E-state index contributed by atoms with van der Waals surface area (Å²) >= 11 is 5.59. The molecule has 1 unspecified atom stereocenters. The first-order valence-corrected chi connectivity index (χ1v) is 7.01. The lowest BCUT2D eigenvalue weighted by Crippen LogP contribution is -2.14. The third-order valence-electron chi connectivity index (χ3n) is 3.18. The Bertz CT molecular complexity index is 811. The summed E-state index contributed by atoms with van der Waals surface area (Å²) in [6.07, 6.45) is -0.808. The van der Waals surface area contributed by atoms with Crippen LogP contribution >= 0.6 is 11.6 Å². The lowest BCUT2D eigenvalue weighted by Gasteiger charge is -2.09. The van der Waals surface area contributed by atoms with Crippen LogP contribution in [0.1, 0.15) is 6.92 Å². The topological polar surface area (TPSA) is 35.5 Å². The van der Waals surface area contributed by atoms with E-state index in [9.17, 15) is 4.79 Å². The van der Waals surface area contributed by atoms with Gasteiger partial charge in [0, 0.05) is 0 Å². The van der Waals surface area contributed by atoms with E-state index in [2.05, 4.69) is 6.07 Å². The number of benzene rings is 3. The smallest absolute Gasteiger partial charge is 0.415 e. The summed E-state index contributed by atoms with van der Waals surface area (Å²) in [5.74, 6) is 0.432. The second-order valence-electron chi connectivity index (χ2n) is 4.68. The summed E-state index contributed by atoms with van der Waals surface area (Å²) in [5, 5.41) is 4.36. The lowest BCUT2D eigenvalue weighted by atomic mass is 10.0. The number of rotatable bonds is 2. The van der Waals surface area contributed by atoms with Crippen LogP contribution in [0.3, 0.4) is 0 Å². The van der Waals surface area contributed by atoms with Crippen molar-refractivity contribution in [3.63, 3.8) is 0 Å². The molecule has 0 heterocycles. The van der Waals surface area contributed by atoms with Crippen LogP contribution in [0.5, 0.6) is 5.75 Å². The number of ether oxygens (including phenoxy) is 2. The van der Waals surface area contributed by atoms with Crippen LogP contribution in [-0.4, -0.2) is 11.7 Å². The van der Waals surface area contributed by atoms with Gasteiger partial charge in [-0.15, -0.1) is 0 Å². The maximum absolute atomic E-state index is 11.5. The van der Waals surface area contributed by atoms with Crippen LogP contribution in [0.4, 0.5) is 4.79 Å². The predicted octanol–water partition coefficient (Wildman–Crippen LogP) is 5.09. The van der Waals surface area contributed by atoms with E-state index < -0.39 is 11.7 Å². The van der Waals surface area contributed by atoms with E-state index in [1.165, 1.54) is 0 Å². The number of hydrogen-bond donors (Lipinski definition) is 0. The summed E-state index contributed by atoms with van der Waals surface area (Å²) in [7, 11) is 0. The van der Waals surface area contributed by atoms with Crippen LogP contribution in [0.25, 0.3) is 21.5 Å². The van der Waals surface area contributed by atoms with Crippen molar-refractivity contribution < 1.29 is 14.3 Å². The number of halogens is 1. The average molecular weight is 301 g/mol. The van der Waals surface area contributed by atoms with Gasteiger partial charge in [-0.2, -0.15) is 0 Å². The second-order valence-corrected chi connectivity index (χ2v) is 5.30. The number of hydrogen-bond acceptors (Lipinski definition) is 3. The van der Waals surface area contributed by atoms with Crippen molar-refractivity contribution in [2.24, 2.45) is 0 Å². The Morgan fingerprint density at radius 2 is 1.67 bits per heavy atom. The van der Waals surface area contributed by atoms with E-state index in [4.69, 9.17) is 21.1 Å². The van der Waals surface area contributed by atoms with Crippen molar-refractivity contribution in [3.05, 3.63) is 54.6 Å². The summed E-state index contributed by atoms with van der Waals surface area (Å²) in [6.45, 7) is 1.55. The van der Waals surface area contributed by atoms with Crippen molar-refractivity contribution in [3.8, 4) is 5.75 Å². The molecule has 3 aromatic carbocycles. The highest BCUT2D eigenvalue weighted by Crippen LogP contribution is 2.28. The van der Waals surface area contributed by atoms with E-state index >= 15 is 0 Å². The molecule has 1 atom stereocenters. The molecule has 0 saturated heterocycles. The van der Waals surface area contributed by atoms with Crippen LogP contribution < -0.4 is 4.74 Å². The van der Waals surface area contributed by atoms with Crippen LogP contribution in [0, 0.1) is 0 Å². The van der Waals surface area contributed by atoms with E-state index in [0.717, 1.165) is 21.5 Å². The Hall–Kier alpha value is -2.26. The zero-order valence-corrected chi connectivity index (χ0v) is 12.1. The molecule has 0 saturated carbocycles. The predicted molar refractivity (Wildman–Crippen MR) is 83.9 cm³/mol. The maximum Gasteiger partial charge on any atom is 0.515 e. The second kappa shape index (κ2) is 5.62. The summed E-state index contributed by atoms with van der Waals surface area (Å²) in [5.41, 5.74) is -0.723. The minimum absolute atomic E-state index is 0.432. The van der Waals surface area contributed by atoms with Gasteiger partial charge in [-0.3, -0.25) is 0 Å². The molecule has 0 aromatic heterocycles. The van der Waals surface area contributed by atoms with E-state index in [0.29, 0.717) is 5.75 Å². The molecule has 0 N–H and O–H groups in total. The van der Waals surface area contributed by atoms with Gasteiger partial charge in [-0.1, -0.05) is 54.1 Å². The third kappa shape index (κ3) is 2.93.